The number of nitrogens with two attached hydrogens (primary N) is 1. The van der Waals surface area contributed by atoms with Crippen molar-refractivity contribution in [2.45, 2.75) is 46.5 Å². The van der Waals surface area contributed by atoms with E-state index in [2.05, 4.69) is 17.0 Å². The van der Waals surface area contributed by atoms with Gasteiger partial charge in [-0.1, -0.05) is 32.3 Å². The lowest BCUT2D eigenvalue weighted by Gasteiger charge is -2.23. The van der Waals surface area contributed by atoms with Crippen molar-refractivity contribution >= 4 is 5.84 Å². The minimum Gasteiger partial charge on any atom is -0.409 e. The van der Waals surface area contributed by atoms with Crippen molar-refractivity contribution in [3.8, 4) is 0 Å². The van der Waals surface area contributed by atoms with E-state index in [1.54, 1.807) is 0 Å². The van der Waals surface area contributed by atoms with Gasteiger partial charge in [0.25, 0.3) is 0 Å². The second-order valence-corrected chi connectivity index (χ2v) is 6.02. The predicted molar refractivity (Wildman–Crippen MR) is 71.3 cm³/mol. The third-order valence-corrected chi connectivity index (χ3v) is 3.84. The van der Waals surface area contributed by atoms with Crippen LogP contribution in [-0.2, 0) is 0 Å². The van der Waals surface area contributed by atoms with Gasteiger partial charge in [0.15, 0.2) is 0 Å². The van der Waals surface area contributed by atoms with Crippen LogP contribution < -0.4 is 5.73 Å². The summed E-state index contributed by atoms with van der Waals surface area (Å²) in [7, 11) is 0. The molecule has 1 unspecified atom stereocenters. The lowest BCUT2D eigenvalue weighted by Crippen LogP contribution is -2.32. The van der Waals surface area contributed by atoms with E-state index in [-0.39, 0.29) is 5.41 Å². The van der Waals surface area contributed by atoms with Gasteiger partial charge in [-0.25, -0.2) is 0 Å². The highest BCUT2D eigenvalue weighted by Gasteiger charge is 2.23. The summed E-state index contributed by atoms with van der Waals surface area (Å²) in [6, 6.07) is 0. The lowest BCUT2D eigenvalue weighted by molar-refractivity contribution is 0.296. The van der Waals surface area contributed by atoms with E-state index in [1.807, 2.05) is 13.8 Å². The van der Waals surface area contributed by atoms with Crippen LogP contribution in [0.1, 0.15) is 46.5 Å². The molecule has 1 atom stereocenters. The maximum absolute atomic E-state index is 8.68. The molecule has 4 heteroatoms. The van der Waals surface area contributed by atoms with E-state index in [0.29, 0.717) is 5.84 Å². The zero-order chi connectivity index (χ0) is 12.9. The molecule has 0 aromatic heterocycles. The Labute approximate surface area is 105 Å². The van der Waals surface area contributed by atoms with Crippen LogP contribution in [0.4, 0.5) is 0 Å². The minimum absolute atomic E-state index is 0.187. The summed E-state index contributed by atoms with van der Waals surface area (Å²) in [5.74, 6) is 1.20. The van der Waals surface area contributed by atoms with Gasteiger partial charge in [0, 0.05) is 12.0 Å². The molecule has 0 aromatic carbocycles. The fraction of sp³-hybridized carbons (Fsp3) is 0.923. The third-order valence-electron chi connectivity index (χ3n) is 3.84. The number of oxime groups is 1. The van der Waals surface area contributed by atoms with Crippen molar-refractivity contribution in [1.82, 2.24) is 4.90 Å². The number of nitrogens with zero attached hydrogens (tertiary/aromatic N) is 2. The number of likely N-dealkylation sites (tertiary alicyclic amines) is 1. The van der Waals surface area contributed by atoms with Crippen molar-refractivity contribution in [1.29, 1.82) is 0 Å². The van der Waals surface area contributed by atoms with Crippen molar-refractivity contribution < 1.29 is 5.21 Å². The second kappa shape index (κ2) is 6.24. The highest BCUT2D eigenvalue weighted by Crippen LogP contribution is 2.24. The van der Waals surface area contributed by atoms with Crippen molar-refractivity contribution in [2.75, 3.05) is 19.6 Å². The van der Waals surface area contributed by atoms with Gasteiger partial charge in [-0.15, -0.1) is 0 Å². The zero-order valence-corrected chi connectivity index (χ0v) is 11.4. The first-order valence-electron chi connectivity index (χ1n) is 6.66. The van der Waals surface area contributed by atoms with Crippen LogP contribution in [0, 0.1) is 11.3 Å². The van der Waals surface area contributed by atoms with Crippen LogP contribution in [0.2, 0.25) is 0 Å². The van der Waals surface area contributed by atoms with Crippen LogP contribution >= 0.6 is 0 Å². The van der Waals surface area contributed by atoms with E-state index in [0.717, 1.165) is 18.8 Å². The predicted octanol–water partition coefficient (Wildman–Crippen LogP) is 2.27. The fourth-order valence-corrected chi connectivity index (χ4v) is 2.40. The van der Waals surface area contributed by atoms with Crippen LogP contribution in [0.15, 0.2) is 5.16 Å². The normalized spacial score (nSPS) is 23.2. The number of hydrogen-bond acceptors (Lipinski definition) is 3. The van der Waals surface area contributed by atoms with Crippen LogP contribution in [0.3, 0.4) is 0 Å². The van der Waals surface area contributed by atoms with E-state index < -0.39 is 0 Å². The molecule has 1 aliphatic rings. The van der Waals surface area contributed by atoms with Gasteiger partial charge < -0.3 is 15.8 Å². The molecule has 0 bridgehead atoms. The summed E-state index contributed by atoms with van der Waals surface area (Å²) in [4.78, 5) is 2.54. The first-order valence-corrected chi connectivity index (χ1v) is 6.66. The van der Waals surface area contributed by atoms with Gasteiger partial charge in [0.05, 0.1) is 0 Å². The molecule has 1 heterocycles. The monoisotopic (exact) mass is 241 g/mol. The highest BCUT2D eigenvalue weighted by atomic mass is 16.4. The summed E-state index contributed by atoms with van der Waals surface area (Å²) in [6.45, 7) is 10.1. The molecule has 0 aromatic rings. The molecule has 1 fully saturated rings. The molecular weight excluding hydrogens is 214 g/mol. The molecule has 100 valence electrons. The van der Waals surface area contributed by atoms with Crippen LogP contribution in [0.25, 0.3) is 0 Å². The molecule has 0 radical (unpaired) electrons. The van der Waals surface area contributed by atoms with E-state index in [1.165, 1.54) is 32.5 Å². The van der Waals surface area contributed by atoms with Crippen molar-refractivity contribution in [3.05, 3.63) is 0 Å². The molecule has 0 aliphatic carbocycles. The zero-order valence-electron chi connectivity index (χ0n) is 11.4. The molecule has 1 rings (SSSR count). The Kier molecular flexibility index (Phi) is 5.25. The molecule has 1 saturated heterocycles. The largest absolute Gasteiger partial charge is 0.409 e. The molecule has 17 heavy (non-hydrogen) atoms. The van der Waals surface area contributed by atoms with Gasteiger partial charge >= 0.3 is 0 Å². The quantitative estimate of drug-likeness (QED) is 0.246. The van der Waals surface area contributed by atoms with E-state index >= 15 is 0 Å². The van der Waals surface area contributed by atoms with Gasteiger partial charge in [-0.05, 0) is 38.3 Å². The third kappa shape index (κ3) is 4.54. The molecule has 4 nitrogen and oxygen atoms in total. The number of hydrogen-bond donors (Lipinski definition) is 2. The van der Waals surface area contributed by atoms with Gasteiger partial charge in [-0.3, -0.25) is 0 Å². The molecule has 0 spiro atoms. The average Bonchev–Trinajstić information content (AvgIpc) is 2.69. The Morgan fingerprint density at radius 3 is 2.71 bits per heavy atom. The Balaban J connectivity index is 2.16. The van der Waals surface area contributed by atoms with Crippen LogP contribution in [0.5, 0.6) is 0 Å². The SMILES string of the molecule is CC1CCN(CCCCC(C)(C)C(N)=NO)C1. The Hall–Kier alpha value is -0.770. The van der Waals surface area contributed by atoms with Gasteiger partial charge in [-0.2, -0.15) is 0 Å². The van der Waals surface area contributed by atoms with E-state index in [9.17, 15) is 0 Å². The topological polar surface area (TPSA) is 61.8 Å². The first-order chi connectivity index (χ1) is 7.95. The molecule has 0 amide bonds. The average molecular weight is 241 g/mol. The summed E-state index contributed by atoms with van der Waals surface area (Å²) in [5, 5.41) is 11.8. The first kappa shape index (κ1) is 14.3. The smallest absolute Gasteiger partial charge is 0.144 e. The van der Waals surface area contributed by atoms with Crippen LogP contribution in [-0.4, -0.2) is 35.6 Å². The Bertz CT molecular complexity index is 263. The molecule has 3 N–H and O–H groups in total. The summed E-state index contributed by atoms with van der Waals surface area (Å²) in [6.07, 6.45) is 4.66. The Morgan fingerprint density at radius 1 is 1.47 bits per heavy atom. The number of amidine groups is 1. The fourth-order valence-electron chi connectivity index (χ4n) is 2.40. The molecule has 1 aliphatic heterocycles. The van der Waals surface area contributed by atoms with Gasteiger partial charge in [0.2, 0.25) is 0 Å². The maximum atomic E-state index is 8.68. The summed E-state index contributed by atoms with van der Waals surface area (Å²) in [5.41, 5.74) is 5.48. The number of rotatable bonds is 6. The Morgan fingerprint density at radius 2 is 2.18 bits per heavy atom. The second-order valence-electron chi connectivity index (χ2n) is 6.02. The standard InChI is InChI=1S/C13H27N3O/c1-11-6-9-16(10-11)8-5-4-7-13(2,3)12(14)15-17/h11,17H,4-10H2,1-3H3,(H2,14,15). The van der Waals surface area contributed by atoms with Crippen molar-refractivity contribution in [2.24, 2.45) is 22.2 Å². The molecular formula is C13H27N3O. The molecule has 0 saturated carbocycles. The summed E-state index contributed by atoms with van der Waals surface area (Å²) < 4.78 is 0. The lowest BCUT2D eigenvalue weighted by atomic mass is 9.86. The van der Waals surface area contributed by atoms with E-state index in [4.69, 9.17) is 10.9 Å². The van der Waals surface area contributed by atoms with Crippen molar-refractivity contribution in [3.63, 3.8) is 0 Å². The minimum atomic E-state index is -0.187. The highest BCUT2D eigenvalue weighted by molar-refractivity contribution is 5.85. The maximum Gasteiger partial charge on any atom is 0.144 e. The summed E-state index contributed by atoms with van der Waals surface area (Å²) >= 11 is 0. The number of unbranched alkanes of at least 4 members (excludes halogenated alkanes) is 1. The van der Waals surface area contributed by atoms with Gasteiger partial charge in [0.1, 0.15) is 5.84 Å².